The number of anilines is 2. The molecular weight excluding hydrogens is 268 g/mol. The summed E-state index contributed by atoms with van der Waals surface area (Å²) in [5.41, 5.74) is 8.78. The number of fused-ring (bicyclic) bond motifs is 1. The van der Waals surface area contributed by atoms with Crippen LogP contribution in [0.2, 0.25) is 0 Å². The van der Waals surface area contributed by atoms with Crippen LogP contribution >= 0.6 is 11.8 Å². The number of rotatable bonds is 4. The molecule has 0 bridgehead atoms. The van der Waals surface area contributed by atoms with Crippen molar-refractivity contribution in [3.63, 3.8) is 0 Å². The van der Waals surface area contributed by atoms with Crippen LogP contribution < -0.4 is 11.1 Å². The molecule has 0 radical (unpaired) electrons. The van der Waals surface area contributed by atoms with Crippen LogP contribution in [0.25, 0.3) is 10.9 Å². The summed E-state index contributed by atoms with van der Waals surface area (Å²) in [4.78, 5) is 6.86. The van der Waals surface area contributed by atoms with Crippen LogP contribution in [0.5, 0.6) is 0 Å². The van der Waals surface area contributed by atoms with Crippen molar-refractivity contribution < 1.29 is 0 Å². The Bertz CT molecular complexity index is 581. The van der Waals surface area contributed by atoms with E-state index in [1.165, 1.54) is 24.6 Å². The number of benzene rings is 1. The summed E-state index contributed by atoms with van der Waals surface area (Å²) in [6.07, 6.45) is 1.74. The molecule has 20 heavy (non-hydrogen) atoms. The van der Waals surface area contributed by atoms with Crippen LogP contribution in [0.1, 0.15) is 0 Å². The molecule has 1 aliphatic rings. The van der Waals surface area contributed by atoms with E-state index in [9.17, 15) is 0 Å². The van der Waals surface area contributed by atoms with Gasteiger partial charge in [0.05, 0.1) is 23.1 Å². The lowest BCUT2D eigenvalue weighted by molar-refractivity contribution is 0.314. The smallest absolute Gasteiger partial charge is 0.0743 e. The molecule has 3 N–H and O–H groups in total. The molecule has 0 saturated carbocycles. The van der Waals surface area contributed by atoms with E-state index in [0.29, 0.717) is 0 Å². The summed E-state index contributed by atoms with van der Waals surface area (Å²) in [6.45, 7) is 4.37. The molecule has 1 fully saturated rings. The summed E-state index contributed by atoms with van der Waals surface area (Å²) in [5.74, 6) is 2.50. The molecule has 1 aromatic heterocycles. The van der Waals surface area contributed by atoms with Crippen molar-refractivity contribution in [3.8, 4) is 0 Å². The third-order valence-corrected chi connectivity index (χ3v) is 4.58. The van der Waals surface area contributed by atoms with Crippen LogP contribution in [-0.2, 0) is 0 Å². The van der Waals surface area contributed by atoms with Gasteiger partial charge in [0.1, 0.15) is 0 Å². The number of nitrogen functional groups attached to an aromatic ring is 1. The SMILES string of the molecule is Nc1cnc2ccccc2c1NCCN1CCSCC1. The number of hydrogen-bond donors (Lipinski definition) is 2. The molecule has 5 heteroatoms. The van der Waals surface area contributed by atoms with Gasteiger partial charge in [-0.15, -0.1) is 0 Å². The van der Waals surface area contributed by atoms with E-state index in [2.05, 4.69) is 21.3 Å². The second kappa shape index (κ2) is 6.33. The minimum atomic E-state index is 0.720. The molecule has 0 aliphatic carbocycles. The first kappa shape index (κ1) is 13.5. The van der Waals surface area contributed by atoms with Gasteiger partial charge in [0.25, 0.3) is 0 Å². The minimum absolute atomic E-state index is 0.720. The Balaban J connectivity index is 1.68. The average Bonchev–Trinajstić information content (AvgIpc) is 2.50. The molecule has 2 aromatic rings. The standard InChI is InChI=1S/C15H20N4S/c16-13-11-18-14-4-2-1-3-12(14)15(13)17-5-6-19-7-9-20-10-8-19/h1-4,11H,5-10,16H2,(H,17,18). The average molecular weight is 288 g/mol. The number of nitrogens with one attached hydrogen (secondary N) is 1. The molecule has 2 heterocycles. The van der Waals surface area contributed by atoms with Crippen molar-refractivity contribution in [2.24, 2.45) is 0 Å². The maximum atomic E-state index is 6.06. The lowest BCUT2D eigenvalue weighted by Gasteiger charge is -2.26. The van der Waals surface area contributed by atoms with Crippen LogP contribution in [0.3, 0.4) is 0 Å². The molecular formula is C15H20N4S. The maximum absolute atomic E-state index is 6.06. The Kier molecular flexibility index (Phi) is 4.28. The van der Waals surface area contributed by atoms with E-state index in [-0.39, 0.29) is 0 Å². The molecule has 1 aliphatic heterocycles. The van der Waals surface area contributed by atoms with Gasteiger partial charge in [-0.25, -0.2) is 0 Å². The van der Waals surface area contributed by atoms with E-state index in [0.717, 1.165) is 35.4 Å². The zero-order valence-electron chi connectivity index (χ0n) is 11.5. The van der Waals surface area contributed by atoms with Gasteiger partial charge in [-0.2, -0.15) is 11.8 Å². The topological polar surface area (TPSA) is 54.2 Å². The van der Waals surface area contributed by atoms with Crippen LogP contribution in [-0.4, -0.2) is 47.6 Å². The molecule has 0 unspecified atom stereocenters. The van der Waals surface area contributed by atoms with Crippen molar-refractivity contribution in [1.29, 1.82) is 0 Å². The number of hydrogen-bond acceptors (Lipinski definition) is 5. The van der Waals surface area contributed by atoms with Crippen molar-refractivity contribution in [2.75, 3.05) is 48.7 Å². The fourth-order valence-corrected chi connectivity index (χ4v) is 3.50. The zero-order valence-corrected chi connectivity index (χ0v) is 12.3. The van der Waals surface area contributed by atoms with Gasteiger partial charge in [-0.3, -0.25) is 9.88 Å². The monoisotopic (exact) mass is 288 g/mol. The Hall–Kier alpha value is -1.46. The first-order valence-electron chi connectivity index (χ1n) is 7.02. The van der Waals surface area contributed by atoms with Crippen molar-refractivity contribution >= 4 is 34.0 Å². The molecule has 4 nitrogen and oxygen atoms in total. The summed E-state index contributed by atoms with van der Waals surface area (Å²) in [6, 6.07) is 8.11. The third kappa shape index (κ3) is 2.99. The number of para-hydroxylation sites is 1. The number of aromatic nitrogens is 1. The van der Waals surface area contributed by atoms with Gasteiger partial charge in [-0.05, 0) is 6.07 Å². The first-order valence-corrected chi connectivity index (χ1v) is 8.17. The van der Waals surface area contributed by atoms with Gasteiger partial charge in [0, 0.05) is 43.1 Å². The van der Waals surface area contributed by atoms with Crippen molar-refractivity contribution in [3.05, 3.63) is 30.5 Å². The maximum Gasteiger partial charge on any atom is 0.0743 e. The van der Waals surface area contributed by atoms with Gasteiger partial charge >= 0.3 is 0 Å². The second-order valence-electron chi connectivity index (χ2n) is 4.99. The largest absolute Gasteiger partial charge is 0.396 e. The van der Waals surface area contributed by atoms with Gasteiger partial charge in [0.15, 0.2) is 0 Å². The van der Waals surface area contributed by atoms with Crippen molar-refractivity contribution in [1.82, 2.24) is 9.88 Å². The van der Waals surface area contributed by atoms with Gasteiger partial charge in [-0.1, -0.05) is 18.2 Å². The zero-order chi connectivity index (χ0) is 13.8. The van der Waals surface area contributed by atoms with Crippen LogP contribution in [0.15, 0.2) is 30.5 Å². The Morgan fingerprint density at radius 1 is 1.25 bits per heavy atom. The Labute approximate surface area is 123 Å². The van der Waals surface area contributed by atoms with E-state index >= 15 is 0 Å². The lowest BCUT2D eigenvalue weighted by atomic mass is 10.1. The molecule has 0 spiro atoms. The predicted molar refractivity (Wildman–Crippen MR) is 88.4 cm³/mol. The summed E-state index contributed by atoms with van der Waals surface area (Å²) in [7, 11) is 0. The fraction of sp³-hybridized carbons (Fsp3) is 0.400. The number of nitrogens with zero attached hydrogens (tertiary/aromatic N) is 2. The van der Waals surface area contributed by atoms with E-state index in [1.807, 2.05) is 30.0 Å². The molecule has 1 saturated heterocycles. The van der Waals surface area contributed by atoms with Gasteiger partial charge in [0.2, 0.25) is 0 Å². The molecule has 3 rings (SSSR count). The number of thioether (sulfide) groups is 1. The first-order chi connectivity index (χ1) is 9.84. The van der Waals surface area contributed by atoms with Crippen LogP contribution in [0, 0.1) is 0 Å². The highest BCUT2D eigenvalue weighted by Crippen LogP contribution is 2.27. The van der Waals surface area contributed by atoms with Crippen LogP contribution in [0.4, 0.5) is 11.4 Å². The van der Waals surface area contributed by atoms with Crippen molar-refractivity contribution in [2.45, 2.75) is 0 Å². The lowest BCUT2D eigenvalue weighted by Crippen LogP contribution is -2.36. The molecule has 0 amide bonds. The summed E-state index contributed by atoms with van der Waals surface area (Å²) in [5, 5.41) is 4.59. The van der Waals surface area contributed by atoms with E-state index < -0.39 is 0 Å². The fourth-order valence-electron chi connectivity index (χ4n) is 2.52. The quantitative estimate of drug-likeness (QED) is 0.904. The number of pyridine rings is 1. The van der Waals surface area contributed by atoms with E-state index in [4.69, 9.17) is 5.73 Å². The van der Waals surface area contributed by atoms with Gasteiger partial charge < -0.3 is 11.1 Å². The normalized spacial score (nSPS) is 16.4. The third-order valence-electron chi connectivity index (χ3n) is 3.64. The molecule has 0 atom stereocenters. The highest BCUT2D eigenvalue weighted by molar-refractivity contribution is 7.99. The highest BCUT2D eigenvalue weighted by Gasteiger charge is 2.10. The number of nitrogens with two attached hydrogens (primary N) is 1. The summed E-state index contributed by atoms with van der Waals surface area (Å²) < 4.78 is 0. The highest BCUT2D eigenvalue weighted by atomic mass is 32.2. The second-order valence-corrected chi connectivity index (χ2v) is 6.21. The summed E-state index contributed by atoms with van der Waals surface area (Å²) >= 11 is 2.04. The molecule has 1 aromatic carbocycles. The van der Waals surface area contributed by atoms with E-state index in [1.54, 1.807) is 6.20 Å². The molecule has 106 valence electrons. The predicted octanol–water partition coefficient (Wildman–Crippen LogP) is 2.28. The Morgan fingerprint density at radius 3 is 2.90 bits per heavy atom. The minimum Gasteiger partial charge on any atom is -0.396 e. The Morgan fingerprint density at radius 2 is 2.05 bits per heavy atom.